The monoisotopic (exact) mass is 299 g/mol. The fraction of sp³-hybridized carbons (Fsp3) is 0.412. The molecule has 0 radical (unpaired) electrons. The van der Waals surface area contributed by atoms with E-state index in [-0.39, 0.29) is 11.9 Å². The number of aryl methyl sites for hydroxylation is 1. The molecule has 0 unspecified atom stereocenters. The molecule has 1 saturated heterocycles. The number of nitrogens with one attached hydrogen (secondary N) is 1. The van der Waals surface area contributed by atoms with Crippen LogP contribution in [0.3, 0.4) is 0 Å². The van der Waals surface area contributed by atoms with Gasteiger partial charge in [0.15, 0.2) is 0 Å². The maximum Gasteiger partial charge on any atom is 0.255 e. The minimum atomic E-state index is -0.173. The van der Waals surface area contributed by atoms with Crippen LogP contribution in [0.2, 0.25) is 0 Å². The molecule has 0 aliphatic carbocycles. The summed E-state index contributed by atoms with van der Waals surface area (Å²) in [5.74, 6) is 2.27. The molecule has 1 fully saturated rings. The second-order valence-corrected chi connectivity index (χ2v) is 5.71. The largest absolute Gasteiger partial charge is 0.464 e. The summed E-state index contributed by atoms with van der Waals surface area (Å²) < 4.78 is 5.57. The molecule has 1 aliphatic heterocycles. The third-order valence-electron chi connectivity index (χ3n) is 3.97. The van der Waals surface area contributed by atoms with Gasteiger partial charge in [-0.05, 0) is 51.0 Å². The Balaban J connectivity index is 1.77. The molecule has 3 rings (SSSR count). The fourth-order valence-electron chi connectivity index (χ4n) is 2.79. The van der Waals surface area contributed by atoms with Gasteiger partial charge in [0.2, 0.25) is 0 Å². The van der Waals surface area contributed by atoms with Crippen LogP contribution in [0.4, 0.5) is 5.82 Å². The van der Waals surface area contributed by atoms with Gasteiger partial charge in [-0.15, -0.1) is 0 Å². The van der Waals surface area contributed by atoms with Crippen molar-refractivity contribution in [3.8, 4) is 0 Å². The highest BCUT2D eigenvalue weighted by Crippen LogP contribution is 2.23. The summed E-state index contributed by atoms with van der Waals surface area (Å²) >= 11 is 0. The standard InChI is InChI=1S/C17H21N3O2/c1-12-7-8-15(22-12)13(2)19-17(21)14-6-5-9-18-16(14)20-10-3-4-11-20/h5-9,13H,3-4,10-11H2,1-2H3,(H,19,21)/t13-/m1/s1. The van der Waals surface area contributed by atoms with Gasteiger partial charge in [-0.2, -0.15) is 0 Å². The first-order valence-corrected chi connectivity index (χ1v) is 7.72. The number of hydrogen-bond acceptors (Lipinski definition) is 4. The molecule has 2 aromatic heterocycles. The average molecular weight is 299 g/mol. The molecule has 3 heterocycles. The van der Waals surface area contributed by atoms with Gasteiger partial charge in [0.1, 0.15) is 17.3 Å². The lowest BCUT2D eigenvalue weighted by atomic mass is 10.2. The molecule has 5 heteroatoms. The van der Waals surface area contributed by atoms with Gasteiger partial charge >= 0.3 is 0 Å². The molecular formula is C17H21N3O2. The van der Waals surface area contributed by atoms with E-state index in [0.717, 1.165) is 43.3 Å². The minimum Gasteiger partial charge on any atom is -0.464 e. The summed E-state index contributed by atoms with van der Waals surface area (Å²) in [6.07, 6.45) is 4.04. The van der Waals surface area contributed by atoms with Gasteiger partial charge < -0.3 is 14.6 Å². The Kier molecular flexibility index (Phi) is 4.13. The lowest BCUT2D eigenvalue weighted by Crippen LogP contribution is -2.29. The maximum absolute atomic E-state index is 12.6. The van der Waals surface area contributed by atoms with E-state index in [0.29, 0.717) is 5.56 Å². The van der Waals surface area contributed by atoms with Gasteiger partial charge in [-0.1, -0.05) is 0 Å². The van der Waals surface area contributed by atoms with Crippen molar-refractivity contribution >= 4 is 11.7 Å². The zero-order valence-corrected chi connectivity index (χ0v) is 13.0. The maximum atomic E-state index is 12.6. The van der Waals surface area contributed by atoms with Crippen molar-refractivity contribution in [1.29, 1.82) is 0 Å². The Morgan fingerprint density at radius 2 is 2.09 bits per heavy atom. The van der Waals surface area contributed by atoms with E-state index in [9.17, 15) is 4.79 Å². The highest BCUT2D eigenvalue weighted by Gasteiger charge is 2.22. The van der Waals surface area contributed by atoms with Crippen LogP contribution < -0.4 is 10.2 Å². The number of hydrogen-bond donors (Lipinski definition) is 1. The highest BCUT2D eigenvalue weighted by atomic mass is 16.3. The molecule has 0 spiro atoms. The predicted octanol–water partition coefficient (Wildman–Crippen LogP) is 3.07. The Hall–Kier alpha value is -2.30. The van der Waals surface area contributed by atoms with Crippen molar-refractivity contribution in [2.45, 2.75) is 32.7 Å². The molecule has 22 heavy (non-hydrogen) atoms. The average Bonchev–Trinajstić information content (AvgIpc) is 3.18. The first kappa shape index (κ1) is 14.6. The number of rotatable bonds is 4. The number of aromatic nitrogens is 1. The van der Waals surface area contributed by atoms with Gasteiger partial charge in [0, 0.05) is 19.3 Å². The number of furan rings is 1. The van der Waals surface area contributed by atoms with E-state index in [2.05, 4.69) is 15.2 Å². The van der Waals surface area contributed by atoms with Crippen LogP contribution in [-0.4, -0.2) is 24.0 Å². The van der Waals surface area contributed by atoms with Crippen LogP contribution in [0.15, 0.2) is 34.9 Å². The van der Waals surface area contributed by atoms with Gasteiger partial charge in [-0.25, -0.2) is 4.98 Å². The molecule has 0 saturated carbocycles. The molecule has 116 valence electrons. The van der Waals surface area contributed by atoms with Crippen LogP contribution in [0, 0.1) is 6.92 Å². The van der Waals surface area contributed by atoms with Crippen LogP contribution >= 0.6 is 0 Å². The lowest BCUT2D eigenvalue weighted by molar-refractivity contribution is 0.0935. The number of amides is 1. The second kappa shape index (κ2) is 6.22. The number of carbonyl (C=O) groups excluding carboxylic acids is 1. The molecule has 1 amide bonds. The van der Waals surface area contributed by atoms with Crippen molar-refractivity contribution in [3.63, 3.8) is 0 Å². The Labute approximate surface area is 130 Å². The van der Waals surface area contributed by atoms with Crippen molar-refractivity contribution in [3.05, 3.63) is 47.5 Å². The first-order valence-electron chi connectivity index (χ1n) is 7.72. The number of carbonyl (C=O) groups is 1. The minimum absolute atomic E-state index is 0.114. The van der Waals surface area contributed by atoms with Crippen molar-refractivity contribution in [2.75, 3.05) is 18.0 Å². The molecule has 2 aromatic rings. The summed E-state index contributed by atoms with van der Waals surface area (Å²) in [7, 11) is 0. The Morgan fingerprint density at radius 3 is 2.77 bits per heavy atom. The van der Waals surface area contributed by atoms with Crippen molar-refractivity contribution in [1.82, 2.24) is 10.3 Å². The highest BCUT2D eigenvalue weighted by molar-refractivity contribution is 5.99. The predicted molar refractivity (Wildman–Crippen MR) is 85.0 cm³/mol. The van der Waals surface area contributed by atoms with Crippen LogP contribution in [0.5, 0.6) is 0 Å². The van der Waals surface area contributed by atoms with Crippen molar-refractivity contribution in [2.24, 2.45) is 0 Å². The molecule has 1 aliphatic rings. The van der Waals surface area contributed by atoms with Crippen molar-refractivity contribution < 1.29 is 9.21 Å². The molecular weight excluding hydrogens is 278 g/mol. The zero-order valence-electron chi connectivity index (χ0n) is 13.0. The van der Waals surface area contributed by atoms with E-state index in [1.807, 2.05) is 32.0 Å². The molecule has 1 atom stereocenters. The van der Waals surface area contributed by atoms with E-state index >= 15 is 0 Å². The second-order valence-electron chi connectivity index (χ2n) is 5.71. The molecule has 0 aromatic carbocycles. The van der Waals surface area contributed by atoms with E-state index in [1.54, 1.807) is 12.3 Å². The quantitative estimate of drug-likeness (QED) is 0.942. The third-order valence-corrected chi connectivity index (χ3v) is 3.97. The summed E-state index contributed by atoms with van der Waals surface area (Å²) in [4.78, 5) is 19.2. The van der Waals surface area contributed by atoms with Crippen LogP contribution in [0.1, 0.15) is 47.7 Å². The zero-order chi connectivity index (χ0) is 15.5. The number of nitrogens with zero attached hydrogens (tertiary/aromatic N) is 2. The summed E-state index contributed by atoms with van der Waals surface area (Å²) in [5, 5.41) is 2.99. The third kappa shape index (κ3) is 2.98. The fourth-order valence-corrected chi connectivity index (χ4v) is 2.79. The number of anilines is 1. The van der Waals surface area contributed by atoms with Crippen LogP contribution in [-0.2, 0) is 0 Å². The Morgan fingerprint density at radius 1 is 1.32 bits per heavy atom. The molecule has 5 nitrogen and oxygen atoms in total. The summed E-state index contributed by atoms with van der Waals surface area (Å²) in [6, 6.07) is 7.25. The molecule has 1 N–H and O–H groups in total. The van der Waals surface area contributed by atoms with E-state index in [1.165, 1.54) is 0 Å². The summed E-state index contributed by atoms with van der Waals surface area (Å²) in [5.41, 5.74) is 0.625. The number of pyridine rings is 1. The van der Waals surface area contributed by atoms with E-state index in [4.69, 9.17) is 4.42 Å². The normalized spacial score (nSPS) is 15.8. The SMILES string of the molecule is Cc1ccc([C@@H](C)NC(=O)c2cccnc2N2CCCC2)o1. The summed E-state index contributed by atoms with van der Waals surface area (Å²) in [6.45, 7) is 5.74. The molecule has 0 bridgehead atoms. The van der Waals surface area contributed by atoms with Gasteiger partial charge in [0.25, 0.3) is 5.91 Å². The van der Waals surface area contributed by atoms with E-state index < -0.39 is 0 Å². The van der Waals surface area contributed by atoms with Gasteiger partial charge in [0.05, 0.1) is 11.6 Å². The van der Waals surface area contributed by atoms with Gasteiger partial charge in [-0.3, -0.25) is 4.79 Å². The smallest absolute Gasteiger partial charge is 0.255 e. The Bertz CT molecular complexity index is 659. The topological polar surface area (TPSA) is 58.4 Å². The van der Waals surface area contributed by atoms with Crippen LogP contribution in [0.25, 0.3) is 0 Å². The first-order chi connectivity index (χ1) is 10.6. The lowest BCUT2D eigenvalue weighted by Gasteiger charge is -2.20.